The molecule has 1 amide bonds. The molecule has 0 unspecified atom stereocenters. The SMILES string of the molecule is NC(=O)CSc1nc2c(=O)[nH][nH]c(=O)c2n1Cc1ccccc1. The van der Waals surface area contributed by atoms with E-state index in [0.29, 0.717) is 11.7 Å². The summed E-state index contributed by atoms with van der Waals surface area (Å²) in [5.41, 5.74) is 5.37. The Morgan fingerprint density at radius 1 is 1.17 bits per heavy atom. The van der Waals surface area contributed by atoms with Gasteiger partial charge in [-0.1, -0.05) is 42.1 Å². The number of hydrogen-bond acceptors (Lipinski definition) is 5. The van der Waals surface area contributed by atoms with E-state index in [1.807, 2.05) is 30.3 Å². The van der Waals surface area contributed by atoms with Crippen molar-refractivity contribution in [3.05, 3.63) is 56.6 Å². The maximum Gasteiger partial charge on any atom is 0.290 e. The third-order valence-electron chi connectivity index (χ3n) is 3.18. The van der Waals surface area contributed by atoms with E-state index < -0.39 is 17.0 Å². The number of aromatic amines is 2. The average molecular weight is 331 g/mol. The number of amides is 1. The van der Waals surface area contributed by atoms with Gasteiger partial charge in [0.2, 0.25) is 5.91 Å². The number of nitrogens with zero attached hydrogens (tertiary/aromatic N) is 2. The van der Waals surface area contributed by atoms with Gasteiger partial charge in [-0.15, -0.1) is 0 Å². The number of imidazole rings is 1. The number of thioether (sulfide) groups is 1. The number of fused-ring (bicyclic) bond motifs is 1. The van der Waals surface area contributed by atoms with Crippen LogP contribution in [0.25, 0.3) is 11.0 Å². The predicted molar refractivity (Wildman–Crippen MR) is 86.4 cm³/mol. The number of H-pyrrole nitrogens is 2. The molecule has 8 nitrogen and oxygen atoms in total. The van der Waals surface area contributed by atoms with Crippen molar-refractivity contribution < 1.29 is 4.79 Å². The largest absolute Gasteiger partial charge is 0.369 e. The Bertz CT molecular complexity index is 973. The Hall–Kier alpha value is -2.81. The zero-order valence-corrected chi connectivity index (χ0v) is 12.7. The predicted octanol–water partition coefficient (Wildman–Crippen LogP) is 0.0386. The summed E-state index contributed by atoms with van der Waals surface area (Å²) in [4.78, 5) is 39.2. The molecule has 3 aromatic rings. The molecule has 2 aromatic heterocycles. The highest BCUT2D eigenvalue weighted by Gasteiger charge is 2.17. The standard InChI is InChI=1S/C14H13N5O3S/c15-9(20)7-23-14-16-10-11(13(22)18-17-12(10)21)19(14)6-8-4-2-1-3-5-8/h1-5H,6-7H2,(H2,15,20)(H,17,21)(H,18,22). The summed E-state index contributed by atoms with van der Waals surface area (Å²) in [7, 11) is 0. The molecule has 2 heterocycles. The molecule has 3 rings (SSSR count). The van der Waals surface area contributed by atoms with E-state index in [1.54, 1.807) is 4.57 Å². The zero-order chi connectivity index (χ0) is 16.4. The van der Waals surface area contributed by atoms with Crippen LogP contribution in [0.4, 0.5) is 0 Å². The van der Waals surface area contributed by atoms with Crippen molar-refractivity contribution >= 4 is 28.7 Å². The Labute approximate surface area is 133 Å². The fraction of sp³-hybridized carbons (Fsp3) is 0.143. The van der Waals surface area contributed by atoms with Gasteiger partial charge in [-0.25, -0.2) is 4.98 Å². The molecule has 0 radical (unpaired) electrons. The molecule has 0 fully saturated rings. The van der Waals surface area contributed by atoms with Crippen LogP contribution in [0, 0.1) is 0 Å². The topological polar surface area (TPSA) is 127 Å². The van der Waals surface area contributed by atoms with Gasteiger partial charge in [0.05, 0.1) is 12.3 Å². The number of primary amides is 1. The van der Waals surface area contributed by atoms with Gasteiger partial charge in [0, 0.05) is 0 Å². The molecular formula is C14H13N5O3S. The maximum absolute atomic E-state index is 12.1. The number of nitrogens with two attached hydrogens (primary N) is 1. The third kappa shape index (κ3) is 3.04. The zero-order valence-electron chi connectivity index (χ0n) is 11.9. The van der Waals surface area contributed by atoms with Crippen LogP contribution in [0.15, 0.2) is 45.1 Å². The van der Waals surface area contributed by atoms with Gasteiger partial charge in [-0.05, 0) is 5.56 Å². The Balaban J connectivity index is 2.16. The molecule has 23 heavy (non-hydrogen) atoms. The fourth-order valence-electron chi connectivity index (χ4n) is 2.21. The van der Waals surface area contributed by atoms with E-state index in [9.17, 15) is 14.4 Å². The molecule has 4 N–H and O–H groups in total. The minimum absolute atomic E-state index is 0.00786. The first kappa shape index (κ1) is 15.1. The highest BCUT2D eigenvalue weighted by Crippen LogP contribution is 2.21. The number of hydrogen-bond donors (Lipinski definition) is 3. The number of carbonyl (C=O) groups excluding carboxylic acids is 1. The van der Waals surface area contributed by atoms with Gasteiger partial charge < -0.3 is 10.3 Å². The van der Waals surface area contributed by atoms with Crippen molar-refractivity contribution in [1.29, 1.82) is 0 Å². The first-order chi connectivity index (χ1) is 11.1. The number of benzene rings is 1. The summed E-state index contributed by atoms with van der Waals surface area (Å²) in [6, 6.07) is 9.44. The maximum atomic E-state index is 12.1. The molecule has 0 spiro atoms. The first-order valence-electron chi connectivity index (χ1n) is 6.72. The van der Waals surface area contributed by atoms with Crippen molar-refractivity contribution in [3.8, 4) is 0 Å². The third-order valence-corrected chi connectivity index (χ3v) is 4.18. The molecule has 1 aromatic carbocycles. The van der Waals surface area contributed by atoms with Crippen molar-refractivity contribution in [1.82, 2.24) is 19.7 Å². The van der Waals surface area contributed by atoms with Crippen molar-refractivity contribution in [3.63, 3.8) is 0 Å². The molecule has 0 atom stereocenters. The van der Waals surface area contributed by atoms with Gasteiger partial charge in [0.1, 0.15) is 5.52 Å². The molecule has 0 saturated carbocycles. The normalized spacial score (nSPS) is 11.0. The molecule has 0 aliphatic heterocycles. The smallest absolute Gasteiger partial charge is 0.290 e. The van der Waals surface area contributed by atoms with Gasteiger partial charge in [-0.3, -0.25) is 24.6 Å². The molecule has 0 saturated heterocycles. The van der Waals surface area contributed by atoms with Gasteiger partial charge in [0.15, 0.2) is 10.7 Å². The number of rotatable bonds is 5. The first-order valence-corrected chi connectivity index (χ1v) is 7.71. The Kier molecular flexibility index (Phi) is 4.02. The molecule has 0 bridgehead atoms. The number of carbonyl (C=O) groups is 1. The second kappa shape index (κ2) is 6.13. The van der Waals surface area contributed by atoms with Crippen LogP contribution in [0.5, 0.6) is 0 Å². The summed E-state index contributed by atoms with van der Waals surface area (Å²) < 4.78 is 1.62. The van der Waals surface area contributed by atoms with Crippen LogP contribution >= 0.6 is 11.8 Å². The highest BCUT2D eigenvalue weighted by molar-refractivity contribution is 7.99. The van der Waals surface area contributed by atoms with Crippen LogP contribution in [-0.4, -0.2) is 31.4 Å². The lowest BCUT2D eigenvalue weighted by atomic mass is 10.2. The summed E-state index contributed by atoms with van der Waals surface area (Å²) in [6.45, 7) is 0.352. The highest BCUT2D eigenvalue weighted by atomic mass is 32.2. The van der Waals surface area contributed by atoms with Crippen molar-refractivity contribution in [2.75, 3.05) is 5.75 Å². The van der Waals surface area contributed by atoms with E-state index in [-0.39, 0.29) is 16.8 Å². The minimum atomic E-state index is -0.504. The van der Waals surface area contributed by atoms with Crippen molar-refractivity contribution in [2.24, 2.45) is 5.73 Å². The van der Waals surface area contributed by atoms with Crippen molar-refractivity contribution in [2.45, 2.75) is 11.7 Å². The lowest BCUT2D eigenvalue weighted by Crippen LogP contribution is -2.21. The number of aromatic nitrogens is 4. The Morgan fingerprint density at radius 3 is 2.57 bits per heavy atom. The van der Waals surface area contributed by atoms with Crippen LogP contribution in [0.1, 0.15) is 5.56 Å². The van der Waals surface area contributed by atoms with Gasteiger partial charge >= 0.3 is 0 Å². The molecular weight excluding hydrogens is 318 g/mol. The summed E-state index contributed by atoms with van der Waals surface area (Å²) in [5.74, 6) is -0.496. The van der Waals surface area contributed by atoms with Crippen LogP contribution in [-0.2, 0) is 11.3 Å². The average Bonchev–Trinajstić information content (AvgIpc) is 2.90. The van der Waals surface area contributed by atoms with Crippen LogP contribution in [0.3, 0.4) is 0 Å². The van der Waals surface area contributed by atoms with E-state index in [1.165, 1.54) is 0 Å². The second-order valence-electron chi connectivity index (χ2n) is 4.83. The Morgan fingerprint density at radius 2 is 1.87 bits per heavy atom. The lowest BCUT2D eigenvalue weighted by Gasteiger charge is -2.07. The molecule has 9 heteroatoms. The minimum Gasteiger partial charge on any atom is -0.369 e. The monoisotopic (exact) mass is 331 g/mol. The fourth-order valence-corrected chi connectivity index (χ4v) is 2.95. The van der Waals surface area contributed by atoms with Gasteiger partial charge in [-0.2, -0.15) is 0 Å². The summed E-state index contributed by atoms with van der Waals surface area (Å²) in [5, 5.41) is 4.93. The van der Waals surface area contributed by atoms with Gasteiger partial charge in [0.25, 0.3) is 11.1 Å². The summed E-state index contributed by atoms with van der Waals surface area (Å²) >= 11 is 1.09. The molecule has 0 aliphatic carbocycles. The van der Waals surface area contributed by atoms with E-state index in [2.05, 4.69) is 15.2 Å². The lowest BCUT2D eigenvalue weighted by molar-refractivity contribution is -0.115. The second-order valence-corrected chi connectivity index (χ2v) is 5.77. The summed E-state index contributed by atoms with van der Waals surface area (Å²) in [6.07, 6.45) is 0. The molecule has 118 valence electrons. The quantitative estimate of drug-likeness (QED) is 0.569. The van der Waals surface area contributed by atoms with E-state index >= 15 is 0 Å². The van der Waals surface area contributed by atoms with E-state index in [0.717, 1.165) is 17.3 Å². The number of nitrogens with one attached hydrogen (secondary N) is 2. The van der Waals surface area contributed by atoms with Crippen LogP contribution < -0.4 is 16.9 Å². The van der Waals surface area contributed by atoms with E-state index in [4.69, 9.17) is 5.73 Å². The molecule has 0 aliphatic rings. The van der Waals surface area contributed by atoms with Crippen LogP contribution in [0.2, 0.25) is 0 Å².